The Labute approximate surface area is 86.1 Å². The van der Waals surface area contributed by atoms with Crippen molar-refractivity contribution in [3.05, 3.63) is 18.3 Å². The molecule has 15 heavy (non-hydrogen) atoms. The monoisotopic (exact) mass is 205 g/mol. The maximum Gasteiger partial charge on any atom is 0.180 e. The van der Waals surface area contributed by atoms with Crippen LogP contribution in [0.1, 0.15) is 11.9 Å². The van der Waals surface area contributed by atoms with Crippen LogP contribution in [0.25, 0.3) is 11.2 Å². The molecule has 2 N–H and O–H groups in total. The van der Waals surface area contributed by atoms with Gasteiger partial charge in [0.2, 0.25) is 0 Å². The smallest absolute Gasteiger partial charge is 0.180 e. The van der Waals surface area contributed by atoms with Gasteiger partial charge in [-0.05, 0) is 0 Å². The minimum atomic E-state index is -0.00653. The fraction of sp³-hybridized carbons (Fsp3) is 0.444. The Morgan fingerprint density at radius 1 is 1.47 bits per heavy atom. The predicted octanol–water partition coefficient (Wildman–Crippen LogP) is 0.0138. The van der Waals surface area contributed by atoms with E-state index in [1.165, 1.54) is 6.33 Å². The number of rotatable bonds is 1. The van der Waals surface area contributed by atoms with Gasteiger partial charge in [0, 0.05) is 13.1 Å². The van der Waals surface area contributed by atoms with Gasteiger partial charge in [-0.3, -0.25) is 0 Å². The number of H-pyrrole nitrogens is 1. The molecule has 0 amide bonds. The fourth-order valence-corrected chi connectivity index (χ4v) is 1.67. The lowest BCUT2D eigenvalue weighted by Gasteiger charge is -2.21. The van der Waals surface area contributed by atoms with Gasteiger partial charge in [0.25, 0.3) is 0 Å². The minimum absolute atomic E-state index is 0.00653. The standard InChI is InChI=1S/C9H11N5O/c1-2-15-7(4-10-1)9-13-6-3-11-5-12-8(6)14-9/h3,5,7,10H,1-2,4H2,(H,11,12,13,14). The highest BCUT2D eigenvalue weighted by atomic mass is 16.5. The van der Waals surface area contributed by atoms with Crippen molar-refractivity contribution in [2.24, 2.45) is 0 Å². The van der Waals surface area contributed by atoms with Crippen molar-refractivity contribution in [3.63, 3.8) is 0 Å². The van der Waals surface area contributed by atoms with Crippen LogP contribution in [-0.2, 0) is 4.74 Å². The third-order valence-corrected chi connectivity index (χ3v) is 2.41. The number of ether oxygens (including phenoxy) is 1. The van der Waals surface area contributed by atoms with Crippen LogP contribution >= 0.6 is 0 Å². The van der Waals surface area contributed by atoms with Gasteiger partial charge in [0.05, 0.1) is 12.8 Å². The molecule has 1 atom stereocenters. The van der Waals surface area contributed by atoms with Crippen molar-refractivity contribution in [1.82, 2.24) is 25.3 Å². The number of hydrogen-bond donors (Lipinski definition) is 2. The molecule has 1 fully saturated rings. The summed E-state index contributed by atoms with van der Waals surface area (Å²) in [5, 5.41) is 3.26. The molecule has 2 aromatic rings. The SMILES string of the molecule is c1ncc2[nH]c(C3CNCCO3)nc2n1. The van der Waals surface area contributed by atoms with Crippen LogP contribution in [0.2, 0.25) is 0 Å². The Bertz CT molecular complexity index is 429. The van der Waals surface area contributed by atoms with Crippen molar-refractivity contribution < 1.29 is 4.74 Å². The molecule has 0 bridgehead atoms. The molecule has 3 heterocycles. The second-order valence-corrected chi connectivity index (χ2v) is 3.45. The highest BCUT2D eigenvalue weighted by Crippen LogP contribution is 2.17. The average molecular weight is 205 g/mol. The molecule has 1 aliphatic rings. The molecular weight excluding hydrogens is 194 g/mol. The Kier molecular flexibility index (Phi) is 2.08. The van der Waals surface area contributed by atoms with Crippen LogP contribution in [0.5, 0.6) is 0 Å². The molecule has 1 aliphatic heterocycles. The van der Waals surface area contributed by atoms with Gasteiger partial charge in [-0.15, -0.1) is 0 Å². The molecular formula is C9H11N5O. The number of morpholine rings is 1. The topological polar surface area (TPSA) is 75.7 Å². The first-order valence-corrected chi connectivity index (χ1v) is 4.91. The second kappa shape index (κ2) is 3.56. The molecule has 0 aromatic carbocycles. The number of nitrogens with zero attached hydrogens (tertiary/aromatic N) is 3. The van der Waals surface area contributed by atoms with Gasteiger partial charge >= 0.3 is 0 Å². The highest BCUT2D eigenvalue weighted by molar-refractivity contribution is 5.68. The normalized spacial score (nSPS) is 22.0. The van der Waals surface area contributed by atoms with Crippen LogP contribution < -0.4 is 5.32 Å². The number of aromatic amines is 1. The van der Waals surface area contributed by atoms with E-state index >= 15 is 0 Å². The van der Waals surface area contributed by atoms with Crippen molar-refractivity contribution in [1.29, 1.82) is 0 Å². The van der Waals surface area contributed by atoms with Crippen LogP contribution in [0, 0.1) is 0 Å². The van der Waals surface area contributed by atoms with Crippen LogP contribution in [0.3, 0.4) is 0 Å². The zero-order valence-corrected chi connectivity index (χ0v) is 8.10. The van der Waals surface area contributed by atoms with E-state index in [0.29, 0.717) is 12.3 Å². The van der Waals surface area contributed by atoms with E-state index in [0.717, 1.165) is 24.4 Å². The van der Waals surface area contributed by atoms with Gasteiger partial charge in [-0.25, -0.2) is 15.0 Å². The first-order valence-electron chi connectivity index (χ1n) is 4.91. The molecule has 0 radical (unpaired) electrons. The Morgan fingerprint density at radius 2 is 2.47 bits per heavy atom. The molecule has 3 rings (SSSR count). The van der Waals surface area contributed by atoms with E-state index in [4.69, 9.17) is 4.74 Å². The Hall–Kier alpha value is -1.53. The van der Waals surface area contributed by atoms with Crippen molar-refractivity contribution in [2.75, 3.05) is 19.7 Å². The van der Waals surface area contributed by atoms with E-state index in [2.05, 4.69) is 25.3 Å². The minimum Gasteiger partial charge on any atom is -0.368 e. The summed E-state index contributed by atoms with van der Waals surface area (Å²) >= 11 is 0. The number of nitrogens with one attached hydrogen (secondary N) is 2. The summed E-state index contributed by atoms with van der Waals surface area (Å²) in [6.45, 7) is 2.40. The largest absolute Gasteiger partial charge is 0.368 e. The third kappa shape index (κ3) is 1.57. The molecule has 6 heteroatoms. The van der Waals surface area contributed by atoms with Gasteiger partial charge in [0.15, 0.2) is 5.65 Å². The molecule has 1 saturated heterocycles. The zero-order chi connectivity index (χ0) is 10.1. The summed E-state index contributed by atoms with van der Waals surface area (Å²) in [6, 6.07) is 0. The molecule has 0 saturated carbocycles. The third-order valence-electron chi connectivity index (χ3n) is 2.41. The van der Waals surface area contributed by atoms with Gasteiger partial charge in [-0.1, -0.05) is 0 Å². The summed E-state index contributed by atoms with van der Waals surface area (Å²) in [4.78, 5) is 15.5. The zero-order valence-electron chi connectivity index (χ0n) is 8.10. The average Bonchev–Trinajstić information content (AvgIpc) is 2.74. The van der Waals surface area contributed by atoms with E-state index in [-0.39, 0.29) is 6.10 Å². The fourth-order valence-electron chi connectivity index (χ4n) is 1.67. The van der Waals surface area contributed by atoms with Gasteiger partial charge in [0.1, 0.15) is 23.8 Å². The lowest BCUT2D eigenvalue weighted by atomic mass is 10.3. The van der Waals surface area contributed by atoms with Gasteiger partial charge in [-0.2, -0.15) is 0 Å². The molecule has 2 aromatic heterocycles. The molecule has 78 valence electrons. The maximum absolute atomic E-state index is 5.59. The van der Waals surface area contributed by atoms with E-state index in [1.807, 2.05) is 0 Å². The molecule has 0 spiro atoms. The van der Waals surface area contributed by atoms with Crippen LogP contribution in [0.4, 0.5) is 0 Å². The number of hydrogen-bond acceptors (Lipinski definition) is 5. The Balaban J connectivity index is 1.96. The summed E-state index contributed by atoms with van der Waals surface area (Å²) in [5.74, 6) is 0.817. The van der Waals surface area contributed by atoms with E-state index < -0.39 is 0 Å². The maximum atomic E-state index is 5.59. The first-order chi connectivity index (χ1) is 7.43. The highest BCUT2D eigenvalue weighted by Gasteiger charge is 2.19. The molecule has 1 unspecified atom stereocenters. The quantitative estimate of drug-likeness (QED) is 0.686. The van der Waals surface area contributed by atoms with Crippen LogP contribution in [0.15, 0.2) is 12.5 Å². The van der Waals surface area contributed by atoms with E-state index in [1.54, 1.807) is 6.20 Å². The van der Waals surface area contributed by atoms with E-state index in [9.17, 15) is 0 Å². The van der Waals surface area contributed by atoms with Gasteiger partial charge < -0.3 is 15.0 Å². The summed E-state index contributed by atoms with van der Waals surface area (Å²) in [6.07, 6.45) is 3.20. The lowest BCUT2D eigenvalue weighted by Crippen LogP contribution is -2.33. The number of aromatic nitrogens is 4. The van der Waals surface area contributed by atoms with Crippen molar-refractivity contribution in [3.8, 4) is 0 Å². The lowest BCUT2D eigenvalue weighted by molar-refractivity contribution is 0.0228. The first kappa shape index (κ1) is 8.75. The molecule has 0 aliphatic carbocycles. The number of fused-ring (bicyclic) bond motifs is 1. The van der Waals surface area contributed by atoms with Crippen molar-refractivity contribution in [2.45, 2.75) is 6.10 Å². The second-order valence-electron chi connectivity index (χ2n) is 3.45. The van der Waals surface area contributed by atoms with Crippen molar-refractivity contribution >= 4 is 11.2 Å². The summed E-state index contributed by atoms with van der Waals surface area (Å²) in [5.41, 5.74) is 1.54. The summed E-state index contributed by atoms with van der Waals surface area (Å²) in [7, 11) is 0. The molecule has 6 nitrogen and oxygen atoms in total. The number of imidazole rings is 1. The predicted molar refractivity (Wildman–Crippen MR) is 53.2 cm³/mol. The van der Waals surface area contributed by atoms with Crippen LogP contribution in [-0.4, -0.2) is 39.6 Å². The Morgan fingerprint density at radius 3 is 3.27 bits per heavy atom. The summed E-state index contributed by atoms with van der Waals surface area (Å²) < 4.78 is 5.59.